The van der Waals surface area contributed by atoms with Crippen molar-refractivity contribution in [1.82, 2.24) is 0 Å². The Bertz CT molecular complexity index is 403. The van der Waals surface area contributed by atoms with E-state index in [4.69, 9.17) is 14.7 Å². The summed E-state index contributed by atoms with van der Waals surface area (Å²) in [6, 6.07) is 0. The van der Waals surface area contributed by atoms with Gasteiger partial charge < -0.3 is 29.7 Å². The molecule has 122 valence electrons. The number of hydrogen-bond donors (Lipinski definition) is 4. The zero-order chi connectivity index (χ0) is 16.2. The van der Waals surface area contributed by atoms with Crippen molar-refractivity contribution in [3.63, 3.8) is 0 Å². The number of carbonyl (C=O) groups is 1. The lowest BCUT2D eigenvalue weighted by molar-refractivity contribution is -0.211. The van der Waals surface area contributed by atoms with Crippen LogP contribution in [0.3, 0.4) is 0 Å². The van der Waals surface area contributed by atoms with Crippen LogP contribution in [0.1, 0.15) is 27.2 Å². The summed E-state index contributed by atoms with van der Waals surface area (Å²) in [5, 5.41) is 37.5. The van der Waals surface area contributed by atoms with Crippen LogP contribution in [0.15, 0.2) is 11.5 Å². The molecule has 1 aliphatic rings. The maximum Gasteiger partial charge on any atom is 0.382 e. The highest BCUT2D eigenvalue weighted by Crippen LogP contribution is 2.41. The van der Waals surface area contributed by atoms with Gasteiger partial charge in [-0.1, -0.05) is 13.8 Å². The number of ether oxygens (including phenoxy) is 2. The quantitative estimate of drug-likeness (QED) is 0.275. The third-order valence-electron chi connectivity index (χ3n) is 3.03. The van der Waals surface area contributed by atoms with Gasteiger partial charge in [0.05, 0.1) is 12.7 Å². The minimum absolute atomic E-state index is 0.0257. The van der Waals surface area contributed by atoms with Crippen LogP contribution in [0.5, 0.6) is 0 Å². The molecule has 0 aromatic carbocycles. The van der Waals surface area contributed by atoms with Gasteiger partial charge in [-0.2, -0.15) is 0 Å². The summed E-state index contributed by atoms with van der Waals surface area (Å²) in [6.07, 6.45) is -2.17. The second kappa shape index (κ2) is 7.08. The first-order valence-corrected chi connectivity index (χ1v) is 6.67. The second-order valence-electron chi connectivity index (χ2n) is 5.48. The third kappa shape index (κ3) is 3.65. The Morgan fingerprint density at radius 1 is 1.29 bits per heavy atom. The highest BCUT2D eigenvalue weighted by atomic mass is 17.1. The lowest BCUT2D eigenvalue weighted by Gasteiger charge is -2.34. The summed E-state index contributed by atoms with van der Waals surface area (Å²) >= 11 is 0. The Morgan fingerprint density at radius 3 is 2.33 bits per heavy atom. The predicted octanol–water partition coefficient (Wildman–Crippen LogP) is -0.220. The molecule has 1 aliphatic heterocycles. The van der Waals surface area contributed by atoms with Crippen molar-refractivity contribution in [2.24, 2.45) is 5.92 Å². The van der Waals surface area contributed by atoms with Crippen LogP contribution < -0.4 is 0 Å². The first-order chi connectivity index (χ1) is 9.78. The molecule has 1 unspecified atom stereocenters. The first kappa shape index (κ1) is 17.7. The van der Waals surface area contributed by atoms with Crippen molar-refractivity contribution in [2.75, 3.05) is 13.2 Å². The van der Waals surface area contributed by atoms with Crippen LogP contribution in [0.4, 0.5) is 0 Å². The van der Waals surface area contributed by atoms with Gasteiger partial charge in [0, 0.05) is 0 Å². The van der Waals surface area contributed by atoms with Gasteiger partial charge in [-0.25, -0.2) is 10.1 Å². The number of aliphatic hydroxyl groups excluding tert-OH is 3. The molecule has 1 rings (SSSR count). The Balaban J connectivity index is 3.25. The fourth-order valence-corrected chi connectivity index (χ4v) is 2.26. The zero-order valence-electron chi connectivity index (χ0n) is 12.3. The molecule has 0 saturated heterocycles. The van der Waals surface area contributed by atoms with Crippen molar-refractivity contribution < 1.29 is 39.7 Å². The van der Waals surface area contributed by atoms with Crippen LogP contribution in [-0.4, -0.2) is 57.6 Å². The monoisotopic (exact) mass is 306 g/mol. The second-order valence-corrected chi connectivity index (χ2v) is 5.48. The summed E-state index contributed by atoms with van der Waals surface area (Å²) in [5.74, 6) is -1.86. The third-order valence-corrected chi connectivity index (χ3v) is 3.03. The standard InChI is InChI=1S/C13H22O8/c1-7(2)4-13(9(16)5-14)11(19-6-8(3)15)10(21-18)12(17)20-13/h7-9,14-16,18H,4-6H2,1-3H3/t8?,9-,13+/m0/s1. The summed E-state index contributed by atoms with van der Waals surface area (Å²) in [7, 11) is 0. The molecule has 4 N–H and O–H groups in total. The summed E-state index contributed by atoms with van der Waals surface area (Å²) < 4.78 is 10.5. The lowest BCUT2D eigenvalue weighted by atomic mass is 9.85. The van der Waals surface area contributed by atoms with Crippen molar-refractivity contribution in [1.29, 1.82) is 0 Å². The van der Waals surface area contributed by atoms with E-state index in [0.29, 0.717) is 0 Å². The highest BCUT2D eigenvalue weighted by molar-refractivity contribution is 5.90. The maximum absolute atomic E-state index is 11.8. The van der Waals surface area contributed by atoms with Gasteiger partial charge in [-0.3, -0.25) is 0 Å². The summed E-state index contributed by atoms with van der Waals surface area (Å²) in [6.45, 7) is 4.23. The smallest absolute Gasteiger partial charge is 0.382 e. The number of carbonyl (C=O) groups excluding carboxylic acids is 1. The number of cyclic esters (lactones) is 1. The normalized spacial score (nSPS) is 25.0. The van der Waals surface area contributed by atoms with E-state index in [9.17, 15) is 20.1 Å². The van der Waals surface area contributed by atoms with E-state index in [0.717, 1.165) is 0 Å². The largest absolute Gasteiger partial charge is 0.487 e. The molecule has 3 atom stereocenters. The molecule has 0 spiro atoms. The van der Waals surface area contributed by atoms with Crippen molar-refractivity contribution in [2.45, 2.75) is 45.0 Å². The van der Waals surface area contributed by atoms with Gasteiger partial charge >= 0.3 is 5.97 Å². The van der Waals surface area contributed by atoms with E-state index in [2.05, 4.69) is 4.89 Å². The zero-order valence-corrected chi connectivity index (χ0v) is 12.3. The van der Waals surface area contributed by atoms with Crippen LogP contribution in [0.2, 0.25) is 0 Å². The maximum atomic E-state index is 11.8. The van der Waals surface area contributed by atoms with Gasteiger partial charge in [-0.05, 0) is 19.3 Å². The van der Waals surface area contributed by atoms with E-state index in [1.807, 2.05) is 13.8 Å². The molecule has 0 aromatic rings. The minimum atomic E-state index is -1.66. The number of esters is 1. The van der Waals surface area contributed by atoms with Crippen LogP contribution in [0, 0.1) is 5.92 Å². The van der Waals surface area contributed by atoms with Gasteiger partial charge in [0.15, 0.2) is 5.76 Å². The Kier molecular flexibility index (Phi) is 5.97. The number of rotatable bonds is 8. The Labute approximate surface area is 122 Å². The Hall–Kier alpha value is -1.35. The average Bonchev–Trinajstić information content (AvgIpc) is 2.66. The molecule has 1 heterocycles. The van der Waals surface area contributed by atoms with Crippen LogP contribution in [-0.2, 0) is 19.2 Å². The predicted molar refractivity (Wildman–Crippen MR) is 69.7 cm³/mol. The van der Waals surface area contributed by atoms with Crippen LogP contribution in [0.25, 0.3) is 0 Å². The molecule has 0 fully saturated rings. The molecular formula is C13H22O8. The van der Waals surface area contributed by atoms with Crippen molar-refractivity contribution in [3.05, 3.63) is 11.5 Å². The number of hydrogen-bond acceptors (Lipinski definition) is 8. The van der Waals surface area contributed by atoms with E-state index in [1.54, 1.807) is 0 Å². The Morgan fingerprint density at radius 2 is 1.90 bits per heavy atom. The van der Waals surface area contributed by atoms with Crippen LogP contribution >= 0.6 is 0 Å². The summed E-state index contributed by atoms with van der Waals surface area (Å²) in [5.41, 5.74) is -1.66. The summed E-state index contributed by atoms with van der Waals surface area (Å²) in [4.78, 5) is 15.8. The van der Waals surface area contributed by atoms with Gasteiger partial charge in [0.1, 0.15) is 12.7 Å². The molecule has 0 amide bonds. The highest BCUT2D eigenvalue weighted by Gasteiger charge is 2.56. The fraction of sp³-hybridized carbons (Fsp3) is 0.769. The average molecular weight is 306 g/mol. The molecule has 21 heavy (non-hydrogen) atoms. The van der Waals surface area contributed by atoms with Crippen molar-refractivity contribution in [3.8, 4) is 0 Å². The number of aliphatic hydroxyl groups is 3. The van der Waals surface area contributed by atoms with Gasteiger partial charge in [0.25, 0.3) is 5.76 Å². The fourth-order valence-electron chi connectivity index (χ4n) is 2.26. The van der Waals surface area contributed by atoms with E-state index in [1.165, 1.54) is 6.92 Å². The van der Waals surface area contributed by atoms with Gasteiger partial charge in [0.2, 0.25) is 5.60 Å². The van der Waals surface area contributed by atoms with Gasteiger partial charge in [-0.15, -0.1) is 0 Å². The van der Waals surface area contributed by atoms with Crippen molar-refractivity contribution >= 4 is 5.97 Å². The minimum Gasteiger partial charge on any atom is -0.487 e. The molecule has 0 saturated carbocycles. The topological polar surface area (TPSA) is 126 Å². The van der Waals surface area contributed by atoms with E-state index in [-0.39, 0.29) is 24.7 Å². The molecule has 0 aliphatic carbocycles. The van der Waals surface area contributed by atoms with E-state index >= 15 is 0 Å². The molecule has 8 nitrogen and oxygen atoms in total. The SMILES string of the molecule is CC(C)C[C@]1([C@@H](O)CO)OC(=O)C(OO)=C1OCC(C)O. The molecule has 0 radical (unpaired) electrons. The first-order valence-electron chi connectivity index (χ1n) is 6.67. The molecular weight excluding hydrogens is 284 g/mol. The molecule has 0 aromatic heterocycles. The van der Waals surface area contributed by atoms with E-state index < -0.39 is 36.1 Å². The molecule has 8 heteroatoms. The molecule has 0 bridgehead atoms. The lowest BCUT2D eigenvalue weighted by Crippen LogP contribution is -2.48.